The summed E-state index contributed by atoms with van der Waals surface area (Å²) >= 11 is 7.75. The van der Waals surface area contributed by atoms with E-state index in [0.29, 0.717) is 16.5 Å². The van der Waals surface area contributed by atoms with Crippen molar-refractivity contribution in [1.82, 2.24) is 5.01 Å². The molecule has 2 N–H and O–H groups in total. The van der Waals surface area contributed by atoms with Crippen LogP contribution in [-0.4, -0.2) is 33.3 Å². The first-order chi connectivity index (χ1) is 12.9. The summed E-state index contributed by atoms with van der Waals surface area (Å²) in [6.45, 7) is 3.49. The molecule has 0 aliphatic carbocycles. The molecule has 0 amide bonds. The second kappa shape index (κ2) is 8.17. The highest BCUT2D eigenvalue weighted by Crippen LogP contribution is 2.30. The van der Waals surface area contributed by atoms with Gasteiger partial charge in [-0.1, -0.05) is 23.4 Å². The SMILES string of the molecule is Cc1c(N[C@H]([C@@H](C)O)N2CSC(c3ccc(F)cc3)=N2)ccc(C#N)c1Cl. The number of nitrogens with zero attached hydrogens (tertiary/aromatic N) is 3. The Morgan fingerprint density at radius 3 is 2.67 bits per heavy atom. The van der Waals surface area contributed by atoms with E-state index in [0.717, 1.165) is 21.9 Å². The molecule has 140 valence electrons. The molecule has 0 bridgehead atoms. The van der Waals surface area contributed by atoms with Gasteiger partial charge in [-0.3, -0.25) is 5.01 Å². The summed E-state index contributed by atoms with van der Waals surface area (Å²) in [6.07, 6.45) is -1.21. The first-order valence-corrected chi connectivity index (χ1v) is 9.65. The molecule has 0 unspecified atom stereocenters. The van der Waals surface area contributed by atoms with E-state index in [-0.39, 0.29) is 5.82 Å². The van der Waals surface area contributed by atoms with Gasteiger partial charge in [0.1, 0.15) is 23.1 Å². The van der Waals surface area contributed by atoms with E-state index in [2.05, 4.69) is 16.5 Å². The maximum Gasteiger partial charge on any atom is 0.142 e. The number of hydrazone groups is 1. The molecule has 8 heteroatoms. The molecule has 3 rings (SSSR count). The monoisotopic (exact) mass is 404 g/mol. The Balaban J connectivity index is 1.84. The first kappa shape index (κ1) is 19.5. The number of aliphatic hydroxyl groups excluding tert-OH is 1. The van der Waals surface area contributed by atoms with Crippen LogP contribution in [0.25, 0.3) is 0 Å². The number of rotatable bonds is 5. The topological polar surface area (TPSA) is 71.7 Å². The highest BCUT2D eigenvalue weighted by molar-refractivity contribution is 8.14. The van der Waals surface area contributed by atoms with E-state index in [4.69, 9.17) is 16.9 Å². The van der Waals surface area contributed by atoms with E-state index in [1.54, 1.807) is 36.2 Å². The lowest BCUT2D eigenvalue weighted by Gasteiger charge is -2.30. The van der Waals surface area contributed by atoms with Crippen LogP contribution in [0, 0.1) is 24.1 Å². The molecule has 0 fully saturated rings. The Labute approximate surface area is 166 Å². The van der Waals surface area contributed by atoms with Gasteiger partial charge in [0.15, 0.2) is 0 Å². The fourth-order valence-electron chi connectivity index (χ4n) is 2.71. The molecule has 27 heavy (non-hydrogen) atoms. The van der Waals surface area contributed by atoms with Crippen molar-refractivity contribution in [3.05, 3.63) is 63.9 Å². The van der Waals surface area contributed by atoms with Gasteiger partial charge >= 0.3 is 0 Å². The van der Waals surface area contributed by atoms with Crippen molar-refractivity contribution in [2.45, 2.75) is 26.1 Å². The second-order valence-corrected chi connectivity index (χ2v) is 7.48. The third kappa shape index (κ3) is 4.19. The predicted molar refractivity (Wildman–Crippen MR) is 107 cm³/mol. The number of nitrogens with one attached hydrogen (secondary N) is 1. The van der Waals surface area contributed by atoms with Gasteiger partial charge in [0, 0.05) is 11.3 Å². The molecule has 1 aliphatic heterocycles. The summed E-state index contributed by atoms with van der Waals surface area (Å²) in [4.78, 5) is 0. The average Bonchev–Trinajstić information content (AvgIpc) is 3.13. The summed E-state index contributed by atoms with van der Waals surface area (Å²) in [7, 11) is 0. The second-order valence-electron chi connectivity index (χ2n) is 6.17. The lowest BCUT2D eigenvalue weighted by molar-refractivity contribution is 0.0918. The van der Waals surface area contributed by atoms with E-state index < -0.39 is 12.3 Å². The maximum absolute atomic E-state index is 13.1. The molecule has 1 heterocycles. The third-order valence-electron chi connectivity index (χ3n) is 4.23. The quantitative estimate of drug-likeness (QED) is 0.783. The molecule has 2 aromatic carbocycles. The van der Waals surface area contributed by atoms with Crippen LogP contribution < -0.4 is 5.32 Å². The van der Waals surface area contributed by atoms with Gasteiger partial charge in [0.2, 0.25) is 0 Å². The molecular formula is C19H18ClFN4OS. The minimum atomic E-state index is -0.726. The van der Waals surface area contributed by atoms with Crippen LogP contribution in [-0.2, 0) is 0 Å². The molecular weight excluding hydrogens is 387 g/mol. The van der Waals surface area contributed by atoms with E-state index in [1.165, 1.54) is 23.9 Å². The predicted octanol–water partition coefficient (Wildman–Crippen LogP) is 4.15. The minimum Gasteiger partial charge on any atom is -0.389 e. The Hall–Kier alpha value is -2.27. The number of anilines is 1. The third-order valence-corrected chi connectivity index (χ3v) is 5.70. The summed E-state index contributed by atoms with van der Waals surface area (Å²) in [5.41, 5.74) is 2.68. The molecule has 0 radical (unpaired) electrons. The number of thioether (sulfide) groups is 1. The fourth-order valence-corrected chi connectivity index (χ4v) is 3.85. The van der Waals surface area contributed by atoms with Crippen LogP contribution in [0.4, 0.5) is 10.1 Å². The summed E-state index contributed by atoms with van der Waals surface area (Å²) in [6, 6.07) is 11.6. The van der Waals surface area contributed by atoms with Crippen LogP contribution in [0.2, 0.25) is 5.02 Å². The van der Waals surface area contributed by atoms with Gasteiger partial charge in [-0.25, -0.2) is 4.39 Å². The summed E-state index contributed by atoms with van der Waals surface area (Å²) in [5, 5.41) is 30.1. The van der Waals surface area contributed by atoms with Crippen molar-refractivity contribution in [2.75, 3.05) is 11.2 Å². The highest BCUT2D eigenvalue weighted by atomic mass is 35.5. The zero-order valence-corrected chi connectivity index (χ0v) is 16.4. The van der Waals surface area contributed by atoms with Crippen LogP contribution in [0.5, 0.6) is 0 Å². The zero-order valence-electron chi connectivity index (χ0n) is 14.8. The Morgan fingerprint density at radius 1 is 1.33 bits per heavy atom. The summed E-state index contributed by atoms with van der Waals surface area (Å²) < 4.78 is 13.1. The van der Waals surface area contributed by atoms with Gasteiger partial charge in [0.25, 0.3) is 0 Å². The number of nitriles is 1. The molecule has 1 aliphatic rings. The lowest BCUT2D eigenvalue weighted by atomic mass is 10.1. The van der Waals surface area contributed by atoms with Crippen molar-refractivity contribution in [2.24, 2.45) is 5.10 Å². The minimum absolute atomic E-state index is 0.295. The number of hydrogen-bond acceptors (Lipinski definition) is 6. The fraction of sp³-hybridized carbons (Fsp3) is 0.263. The molecule has 0 aromatic heterocycles. The van der Waals surface area contributed by atoms with Crippen LogP contribution >= 0.6 is 23.4 Å². The van der Waals surface area contributed by atoms with E-state index >= 15 is 0 Å². The summed E-state index contributed by atoms with van der Waals surface area (Å²) in [5.74, 6) is 0.245. The van der Waals surface area contributed by atoms with Gasteiger partial charge in [-0.05, 0) is 55.8 Å². The van der Waals surface area contributed by atoms with Crippen LogP contribution in [0.3, 0.4) is 0 Å². The van der Waals surface area contributed by atoms with Gasteiger partial charge < -0.3 is 10.4 Å². The molecule has 2 atom stereocenters. The smallest absolute Gasteiger partial charge is 0.142 e. The Bertz CT molecular complexity index is 911. The number of halogens is 2. The van der Waals surface area contributed by atoms with Crippen LogP contribution in [0.15, 0.2) is 41.5 Å². The van der Waals surface area contributed by atoms with Crippen molar-refractivity contribution < 1.29 is 9.50 Å². The molecule has 0 spiro atoms. The van der Waals surface area contributed by atoms with Crippen molar-refractivity contribution in [3.8, 4) is 6.07 Å². The van der Waals surface area contributed by atoms with Crippen LogP contribution in [0.1, 0.15) is 23.6 Å². The Kier molecular flexibility index (Phi) is 5.90. The number of benzene rings is 2. The van der Waals surface area contributed by atoms with E-state index in [9.17, 15) is 9.50 Å². The van der Waals surface area contributed by atoms with Crippen molar-refractivity contribution in [3.63, 3.8) is 0 Å². The molecule has 5 nitrogen and oxygen atoms in total. The van der Waals surface area contributed by atoms with Gasteiger partial charge in [-0.2, -0.15) is 10.4 Å². The highest BCUT2D eigenvalue weighted by Gasteiger charge is 2.28. The van der Waals surface area contributed by atoms with Crippen molar-refractivity contribution in [1.29, 1.82) is 5.26 Å². The van der Waals surface area contributed by atoms with E-state index in [1.807, 2.05) is 6.92 Å². The number of aliphatic hydroxyl groups is 1. The standard InChI is InChI=1S/C19H18ClFN4OS/c1-11-16(8-5-14(9-22)17(11)20)23-18(12(2)26)25-10-27-19(24-25)13-3-6-15(21)7-4-13/h3-8,12,18,23,26H,10H2,1-2H3/t12-,18+/m1/s1. The van der Waals surface area contributed by atoms with Gasteiger partial charge in [-0.15, -0.1) is 0 Å². The normalized spacial score (nSPS) is 15.9. The molecule has 0 saturated carbocycles. The lowest BCUT2D eigenvalue weighted by Crippen LogP contribution is -2.44. The zero-order chi connectivity index (χ0) is 19.6. The maximum atomic E-state index is 13.1. The molecule has 2 aromatic rings. The Morgan fingerprint density at radius 2 is 2.04 bits per heavy atom. The average molecular weight is 405 g/mol. The van der Waals surface area contributed by atoms with Gasteiger partial charge in [0.05, 0.1) is 22.6 Å². The first-order valence-electron chi connectivity index (χ1n) is 8.28. The van der Waals surface area contributed by atoms with Crippen molar-refractivity contribution >= 4 is 34.1 Å². The number of hydrogen-bond donors (Lipinski definition) is 2. The molecule has 0 saturated heterocycles. The largest absolute Gasteiger partial charge is 0.389 e.